The van der Waals surface area contributed by atoms with E-state index in [2.05, 4.69) is 15.6 Å². The lowest BCUT2D eigenvalue weighted by molar-refractivity contribution is -0.230. The lowest BCUT2D eigenvalue weighted by Gasteiger charge is -2.38. The number of nitrogens with one attached hydrogen (secondary N) is 2. The third-order valence-corrected chi connectivity index (χ3v) is 4.76. The van der Waals surface area contributed by atoms with Crippen LogP contribution in [0.4, 0.5) is 18.9 Å². The van der Waals surface area contributed by atoms with Gasteiger partial charge in [-0.1, -0.05) is 0 Å². The van der Waals surface area contributed by atoms with E-state index in [0.29, 0.717) is 5.52 Å². The molecule has 7 nitrogen and oxygen atoms in total. The van der Waals surface area contributed by atoms with Crippen molar-refractivity contribution in [1.82, 2.24) is 14.9 Å². The molecule has 0 aliphatic carbocycles. The van der Waals surface area contributed by atoms with Crippen molar-refractivity contribution < 1.29 is 22.8 Å². The summed E-state index contributed by atoms with van der Waals surface area (Å²) in [5.41, 5.74) is -2.02. The number of amides is 2. The van der Waals surface area contributed by atoms with Gasteiger partial charge in [-0.25, -0.2) is 4.98 Å². The van der Waals surface area contributed by atoms with Crippen LogP contribution < -0.4 is 16.2 Å². The second kappa shape index (κ2) is 6.67. The number of halogens is 3. The topological polar surface area (TPSA) is 93.1 Å². The summed E-state index contributed by atoms with van der Waals surface area (Å²) in [5.74, 6) is -1.31. The van der Waals surface area contributed by atoms with Crippen molar-refractivity contribution in [2.24, 2.45) is 12.5 Å². The van der Waals surface area contributed by atoms with E-state index in [0.717, 1.165) is 0 Å². The van der Waals surface area contributed by atoms with E-state index in [9.17, 15) is 27.6 Å². The van der Waals surface area contributed by atoms with Gasteiger partial charge in [0.05, 0.1) is 22.6 Å². The largest absolute Gasteiger partial charge is 0.396 e. The minimum Gasteiger partial charge on any atom is -0.355 e. The Hall–Kier alpha value is -2.91. The number of aromatic nitrogens is 2. The van der Waals surface area contributed by atoms with Crippen molar-refractivity contribution in [3.8, 4) is 0 Å². The second-order valence-corrected chi connectivity index (χ2v) is 6.67. The second-order valence-electron chi connectivity index (χ2n) is 6.67. The van der Waals surface area contributed by atoms with Gasteiger partial charge < -0.3 is 15.2 Å². The number of benzene rings is 1. The fraction of sp³-hybridized carbons (Fsp3) is 0.412. The Kier molecular flexibility index (Phi) is 4.66. The molecule has 0 radical (unpaired) electrons. The molecular formula is C17H17F3N4O3. The molecule has 2 heterocycles. The molecule has 1 unspecified atom stereocenters. The number of fused-ring (bicyclic) bond motifs is 1. The van der Waals surface area contributed by atoms with Crippen LogP contribution in [0.3, 0.4) is 0 Å². The van der Waals surface area contributed by atoms with Crippen molar-refractivity contribution in [2.45, 2.75) is 25.4 Å². The van der Waals surface area contributed by atoms with Gasteiger partial charge in [0.2, 0.25) is 11.8 Å². The molecule has 1 fully saturated rings. The number of anilines is 1. The summed E-state index contributed by atoms with van der Waals surface area (Å²) in [6, 6.07) is 4.35. The highest BCUT2D eigenvalue weighted by Crippen LogP contribution is 2.46. The Balaban J connectivity index is 1.82. The maximum Gasteiger partial charge on any atom is 0.396 e. The van der Waals surface area contributed by atoms with Gasteiger partial charge in [-0.05, 0) is 24.6 Å². The smallest absolute Gasteiger partial charge is 0.355 e. The lowest BCUT2D eigenvalue weighted by atomic mass is 9.76. The van der Waals surface area contributed by atoms with Crippen LogP contribution in [0, 0.1) is 5.41 Å². The third-order valence-electron chi connectivity index (χ3n) is 4.76. The summed E-state index contributed by atoms with van der Waals surface area (Å²) in [6.45, 7) is -0.634. The van der Waals surface area contributed by atoms with E-state index in [1.165, 1.54) is 36.1 Å². The quantitative estimate of drug-likeness (QED) is 0.845. The SMILES string of the molecule is Cn1cnc2ccc(NC(=O)CC3(C(F)(F)F)CCC(=O)NC3)cc2c1=O. The van der Waals surface area contributed by atoms with Gasteiger partial charge in [-0.15, -0.1) is 0 Å². The molecule has 2 amide bonds. The van der Waals surface area contributed by atoms with Crippen LogP contribution >= 0.6 is 0 Å². The minimum atomic E-state index is -4.64. The minimum absolute atomic E-state index is 0.203. The van der Waals surface area contributed by atoms with E-state index in [4.69, 9.17) is 0 Å². The van der Waals surface area contributed by atoms with Gasteiger partial charge in [0.1, 0.15) is 0 Å². The molecule has 27 heavy (non-hydrogen) atoms. The first-order valence-electron chi connectivity index (χ1n) is 8.20. The van der Waals surface area contributed by atoms with Crippen LogP contribution in [-0.4, -0.2) is 34.1 Å². The highest BCUT2D eigenvalue weighted by Gasteiger charge is 2.56. The number of aryl methyl sites for hydroxylation is 1. The lowest BCUT2D eigenvalue weighted by Crippen LogP contribution is -2.53. The zero-order chi connectivity index (χ0) is 19.8. The monoisotopic (exact) mass is 382 g/mol. The molecule has 144 valence electrons. The van der Waals surface area contributed by atoms with Crippen LogP contribution in [0.25, 0.3) is 10.9 Å². The van der Waals surface area contributed by atoms with Crippen molar-refractivity contribution >= 4 is 28.4 Å². The van der Waals surface area contributed by atoms with Crippen molar-refractivity contribution in [1.29, 1.82) is 0 Å². The third kappa shape index (κ3) is 3.64. The van der Waals surface area contributed by atoms with Crippen LogP contribution in [0.2, 0.25) is 0 Å². The first-order valence-corrected chi connectivity index (χ1v) is 8.20. The Morgan fingerprint density at radius 3 is 2.74 bits per heavy atom. The van der Waals surface area contributed by atoms with Crippen LogP contribution in [0.1, 0.15) is 19.3 Å². The van der Waals surface area contributed by atoms with Crippen LogP contribution in [-0.2, 0) is 16.6 Å². The van der Waals surface area contributed by atoms with Crippen LogP contribution in [0.5, 0.6) is 0 Å². The molecule has 1 aliphatic heterocycles. The van der Waals surface area contributed by atoms with Crippen LogP contribution in [0.15, 0.2) is 29.3 Å². The number of piperidine rings is 1. The number of hydrogen-bond acceptors (Lipinski definition) is 4. The van der Waals surface area contributed by atoms with Gasteiger partial charge in [0.15, 0.2) is 0 Å². The zero-order valence-corrected chi connectivity index (χ0v) is 14.4. The Labute approximate surface area is 151 Å². The molecule has 1 saturated heterocycles. The van der Waals surface area contributed by atoms with Crippen molar-refractivity contribution in [2.75, 3.05) is 11.9 Å². The summed E-state index contributed by atoms with van der Waals surface area (Å²) in [5, 5.41) is 4.85. The average Bonchev–Trinajstić information content (AvgIpc) is 2.60. The van der Waals surface area contributed by atoms with Gasteiger partial charge in [-0.3, -0.25) is 14.4 Å². The molecule has 2 N–H and O–H groups in total. The normalized spacial score (nSPS) is 20.4. The number of hydrogen-bond donors (Lipinski definition) is 2. The first-order chi connectivity index (χ1) is 12.6. The summed E-state index contributed by atoms with van der Waals surface area (Å²) in [6.07, 6.45) is -4.84. The van der Waals surface area contributed by atoms with Crippen molar-refractivity contribution in [3.05, 3.63) is 34.9 Å². The van der Waals surface area contributed by atoms with E-state index in [-0.39, 0.29) is 23.1 Å². The summed E-state index contributed by atoms with van der Waals surface area (Å²) in [4.78, 5) is 39.7. The standard InChI is InChI=1S/C17H17F3N4O3/c1-24-9-22-12-3-2-10(6-11(12)15(24)27)23-14(26)7-16(17(18,19)20)5-4-13(25)21-8-16/h2-3,6,9H,4-5,7-8H2,1H3,(H,21,25)(H,23,26). The Morgan fingerprint density at radius 1 is 1.37 bits per heavy atom. The molecule has 10 heteroatoms. The predicted octanol–water partition coefficient (Wildman–Crippen LogP) is 1.72. The molecule has 0 spiro atoms. The van der Waals surface area contributed by atoms with Gasteiger partial charge in [0, 0.05) is 32.1 Å². The Morgan fingerprint density at radius 2 is 2.11 bits per heavy atom. The molecule has 0 bridgehead atoms. The molecule has 3 rings (SSSR count). The number of carbonyl (C=O) groups excluding carboxylic acids is 2. The fourth-order valence-corrected chi connectivity index (χ4v) is 3.09. The molecule has 1 aliphatic rings. The summed E-state index contributed by atoms with van der Waals surface area (Å²) >= 11 is 0. The van der Waals surface area contributed by atoms with Gasteiger partial charge >= 0.3 is 6.18 Å². The number of nitrogens with zero attached hydrogens (tertiary/aromatic N) is 2. The fourth-order valence-electron chi connectivity index (χ4n) is 3.09. The number of alkyl halides is 3. The highest BCUT2D eigenvalue weighted by atomic mass is 19.4. The average molecular weight is 382 g/mol. The van der Waals surface area contributed by atoms with E-state index >= 15 is 0 Å². The van der Waals surface area contributed by atoms with Gasteiger partial charge in [0.25, 0.3) is 5.56 Å². The molecule has 2 aromatic rings. The van der Waals surface area contributed by atoms with E-state index in [1.54, 1.807) is 0 Å². The predicted molar refractivity (Wildman–Crippen MR) is 91.0 cm³/mol. The summed E-state index contributed by atoms with van der Waals surface area (Å²) in [7, 11) is 1.52. The van der Waals surface area contributed by atoms with Gasteiger partial charge in [-0.2, -0.15) is 13.2 Å². The first kappa shape index (κ1) is 18.9. The number of rotatable bonds is 3. The van der Waals surface area contributed by atoms with E-state index < -0.39 is 42.8 Å². The highest BCUT2D eigenvalue weighted by molar-refractivity contribution is 5.94. The molecule has 1 atom stereocenters. The number of carbonyl (C=O) groups is 2. The molecule has 0 saturated carbocycles. The zero-order valence-electron chi connectivity index (χ0n) is 14.4. The molecule has 1 aromatic heterocycles. The molecular weight excluding hydrogens is 365 g/mol. The van der Waals surface area contributed by atoms with E-state index in [1.807, 2.05) is 0 Å². The summed E-state index contributed by atoms with van der Waals surface area (Å²) < 4.78 is 41.9. The maximum absolute atomic E-state index is 13.5. The van der Waals surface area contributed by atoms with Crippen molar-refractivity contribution in [3.63, 3.8) is 0 Å². The maximum atomic E-state index is 13.5. The Bertz CT molecular complexity index is 958. The molecule has 1 aromatic carbocycles.